The molecule has 1 saturated heterocycles. The molecule has 2 bridgehead atoms. The van der Waals surface area contributed by atoms with Crippen molar-refractivity contribution in [2.24, 2.45) is 11.8 Å². The van der Waals surface area contributed by atoms with Gasteiger partial charge in [-0.05, 0) is 85.9 Å². The molecule has 0 spiro atoms. The number of rotatable bonds is 8. The number of benzene rings is 2. The average Bonchev–Trinajstić information content (AvgIpc) is 3.75. The van der Waals surface area contributed by atoms with Crippen LogP contribution in [0.15, 0.2) is 36.4 Å². The Morgan fingerprint density at radius 3 is 2.75 bits per heavy atom. The lowest BCUT2D eigenvalue weighted by atomic mass is 9.52. The van der Waals surface area contributed by atoms with Gasteiger partial charge in [0.1, 0.15) is 11.5 Å². The third-order valence-corrected chi connectivity index (χ3v) is 9.54. The van der Waals surface area contributed by atoms with Crippen LogP contribution in [-0.4, -0.2) is 44.2 Å². The van der Waals surface area contributed by atoms with Crippen LogP contribution in [0.5, 0.6) is 11.5 Å². The molecule has 36 heavy (non-hydrogen) atoms. The second-order valence-corrected chi connectivity index (χ2v) is 11.5. The van der Waals surface area contributed by atoms with E-state index in [0.29, 0.717) is 18.5 Å². The van der Waals surface area contributed by atoms with Gasteiger partial charge in [0.15, 0.2) is 0 Å². The molecule has 3 unspecified atom stereocenters. The Morgan fingerprint density at radius 1 is 1.06 bits per heavy atom. The summed E-state index contributed by atoms with van der Waals surface area (Å²) < 4.78 is 11.1. The van der Waals surface area contributed by atoms with Gasteiger partial charge < -0.3 is 19.7 Å². The van der Waals surface area contributed by atoms with E-state index in [1.54, 1.807) is 14.2 Å². The standard InChI is InChI=1S/C31H40N2O3/c1-35-25-11-10-24(29(19-25)36-2)20-33(16-12-21-6-7-21)30(34)23-9-8-22-18-28-26-5-3-4-13-31(26,14-15-32-28)27(22)17-23/h8-11,17,19,21,26,28,32H,3-7,12-16,18,20H2,1-2H3. The quantitative estimate of drug-likeness (QED) is 0.534. The molecule has 2 aromatic carbocycles. The fourth-order valence-electron chi connectivity index (χ4n) is 7.43. The predicted octanol–water partition coefficient (Wildman–Crippen LogP) is 5.49. The summed E-state index contributed by atoms with van der Waals surface area (Å²) in [5.41, 5.74) is 5.08. The van der Waals surface area contributed by atoms with E-state index in [4.69, 9.17) is 9.47 Å². The van der Waals surface area contributed by atoms with Crippen molar-refractivity contribution in [3.8, 4) is 11.5 Å². The number of nitrogens with one attached hydrogen (secondary N) is 1. The lowest BCUT2D eigenvalue weighted by Gasteiger charge is -2.56. The molecule has 0 radical (unpaired) electrons. The first-order valence-corrected chi connectivity index (χ1v) is 14.0. The molecule has 1 aliphatic heterocycles. The molecule has 4 aliphatic rings. The van der Waals surface area contributed by atoms with E-state index in [2.05, 4.69) is 28.4 Å². The topological polar surface area (TPSA) is 50.8 Å². The van der Waals surface area contributed by atoms with Gasteiger partial charge in [-0.15, -0.1) is 0 Å². The normalized spacial score (nSPS) is 26.5. The van der Waals surface area contributed by atoms with Crippen LogP contribution in [0.4, 0.5) is 0 Å². The molecule has 0 aromatic heterocycles. The number of carbonyl (C=O) groups is 1. The molecular formula is C31H40N2O3. The summed E-state index contributed by atoms with van der Waals surface area (Å²) in [7, 11) is 3.35. The van der Waals surface area contributed by atoms with Crippen molar-refractivity contribution in [1.82, 2.24) is 10.2 Å². The van der Waals surface area contributed by atoms with Crippen molar-refractivity contribution in [1.29, 1.82) is 0 Å². The zero-order valence-electron chi connectivity index (χ0n) is 21.9. The molecule has 5 heteroatoms. The summed E-state index contributed by atoms with van der Waals surface area (Å²) in [6.45, 7) is 2.44. The van der Waals surface area contributed by atoms with Crippen LogP contribution in [0.2, 0.25) is 0 Å². The van der Waals surface area contributed by atoms with E-state index in [0.717, 1.165) is 54.5 Å². The first-order valence-electron chi connectivity index (χ1n) is 14.0. The van der Waals surface area contributed by atoms with Gasteiger partial charge in [-0.25, -0.2) is 0 Å². The molecule has 3 atom stereocenters. The van der Waals surface area contributed by atoms with Gasteiger partial charge in [0.2, 0.25) is 0 Å². The maximum absolute atomic E-state index is 14.1. The van der Waals surface area contributed by atoms with Gasteiger partial charge in [0, 0.05) is 41.7 Å². The molecule has 1 heterocycles. The number of ether oxygens (including phenoxy) is 2. The summed E-state index contributed by atoms with van der Waals surface area (Å²) in [6.07, 6.45) is 11.2. The first-order chi connectivity index (χ1) is 17.6. The molecular weight excluding hydrogens is 448 g/mol. The second kappa shape index (κ2) is 9.74. The number of fused-ring (bicyclic) bond motifs is 1. The highest BCUT2D eigenvalue weighted by atomic mass is 16.5. The Hall–Kier alpha value is -2.53. The number of methoxy groups -OCH3 is 2. The van der Waals surface area contributed by atoms with E-state index >= 15 is 0 Å². The predicted molar refractivity (Wildman–Crippen MR) is 142 cm³/mol. The van der Waals surface area contributed by atoms with E-state index < -0.39 is 0 Å². The van der Waals surface area contributed by atoms with Gasteiger partial charge in [0.05, 0.1) is 14.2 Å². The number of hydrogen-bond donors (Lipinski definition) is 1. The molecule has 3 fully saturated rings. The smallest absolute Gasteiger partial charge is 0.254 e. The lowest BCUT2D eigenvalue weighted by Crippen LogP contribution is -2.59. The summed E-state index contributed by atoms with van der Waals surface area (Å²) in [4.78, 5) is 16.1. The number of carbonyl (C=O) groups excluding carboxylic acids is 1. The van der Waals surface area contributed by atoms with Crippen molar-refractivity contribution in [3.63, 3.8) is 0 Å². The van der Waals surface area contributed by atoms with E-state index in [-0.39, 0.29) is 11.3 Å². The Bertz CT molecular complexity index is 1120. The third kappa shape index (κ3) is 4.30. The van der Waals surface area contributed by atoms with Crippen molar-refractivity contribution in [2.75, 3.05) is 27.3 Å². The van der Waals surface area contributed by atoms with E-state index in [1.165, 1.54) is 56.1 Å². The van der Waals surface area contributed by atoms with Crippen LogP contribution in [0.25, 0.3) is 0 Å². The van der Waals surface area contributed by atoms with Gasteiger partial charge in [0.25, 0.3) is 5.91 Å². The molecule has 3 aliphatic carbocycles. The minimum atomic E-state index is 0.149. The minimum Gasteiger partial charge on any atom is -0.497 e. The number of hydrogen-bond acceptors (Lipinski definition) is 4. The van der Waals surface area contributed by atoms with E-state index in [9.17, 15) is 4.79 Å². The van der Waals surface area contributed by atoms with Crippen LogP contribution in [0.3, 0.4) is 0 Å². The molecule has 1 N–H and O–H groups in total. The average molecular weight is 489 g/mol. The number of nitrogens with zero attached hydrogens (tertiary/aromatic N) is 1. The Labute approximate surface area is 215 Å². The molecule has 2 aromatic rings. The maximum Gasteiger partial charge on any atom is 0.254 e. The van der Waals surface area contributed by atoms with Crippen LogP contribution >= 0.6 is 0 Å². The van der Waals surface area contributed by atoms with Crippen LogP contribution < -0.4 is 14.8 Å². The van der Waals surface area contributed by atoms with Crippen molar-refractivity contribution in [3.05, 3.63) is 58.7 Å². The highest BCUT2D eigenvalue weighted by Crippen LogP contribution is 2.54. The molecule has 2 saturated carbocycles. The Kier molecular flexibility index (Phi) is 6.45. The summed E-state index contributed by atoms with van der Waals surface area (Å²) >= 11 is 0. The van der Waals surface area contributed by atoms with Crippen molar-refractivity contribution >= 4 is 5.91 Å². The highest BCUT2D eigenvalue weighted by molar-refractivity contribution is 5.94. The van der Waals surface area contributed by atoms with Crippen LogP contribution in [0, 0.1) is 11.8 Å². The SMILES string of the molecule is COc1ccc(CN(CCC2CC2)C(=O)c2ccc3c(c2)C24CCCCC2C(C3)NCC4)c(OC)c1. The Balaban J connectivity index is 1.31. The van der Waals surface area contributed by atoms with E-state index in [1.807, 2.05) is 18.2 Å². The molecule has 5 nitrogen and oxygen atoms in total. The number of piperidine rings is 1. The maximum atomic E-state index is 14.1. The van der Waals surface area contributed by atoms with Gasteiger partial charge >= 0.3 is 0 Å². The van der Waals surface area contributed by atoms with Crippen LogP contribution in [-0.2, 0) is 18.4 Å². The fourth-order valence-corrected chi connectivity index (χ4v) is 7.43. The minimum absolute atomic E-state index is 0.149. The zero-order valence-corrected chi connectivity index (χ0v) is 21.9. The largest absolute Gasteiger partial charge is 0.497 e. The zero-order chi connectivity index (χ0) is 24.7. The number of amides is 1. The van der Waals surface area contributed by atoms with Gasteiger partial charge in [-0.3, -0.25) is 4.79 Å². The van der Waals surface area contributed by atoms with Gasteiger partial charge in [-0.2, -0.15) is 0 Å². The second-order valence-electron chi connectivity index (χ2n) is 11.5. The summed E-state index contributed by atoms with van der Waals surface area (Å²) in [5.74, 6) is 3.18. The van der Waals surface area contributed by atoms with Crippen LogP contribution in [0.1, 0.15) is 78.4 Å². The first kappa shape index (κ1) is 23.8. The van der Waals surface area contributed by atoms with Crippen molar-refractivity contribution < 1.29 is 14.3 Å². The fraction of sp³-hybridized carbons (Fsp3) is 0.581. The lowest BCUT2D eigenvalue weighted by molar-refractivity contribution is 0.0729. The Morgan fingerprint density at radius 2 is 1.94 bits per heavy atom. The molecule has 1 amide bonds. The third-order valence-electron chi connectivity index (χ3n) is 9.54. The monoisotopic (exact) mass is 488 g/mol. The molecule has 6 rings (SSSR count). The molecule has 192 valence electrons. The van der Waals surface area contributed by atoms with Gasteiger partial charge in [-0.1, -0.05) is 31.7 Å². The highest BCUT2D eigenvalue weighted by Gasteiger charge is 2.51. The summed E-state index contributed by atoms with van der Waals surface area (Å²) in [5, 5.41) is 3.82. The summed E-state index contributed by atoms with van der Waals surface area (Å²) in [6, 6.07) is 13.2. The van der Waals surface area contributed by atoms with Crippen molar-refractivity contribution in [2.45, 2.75) is 75.8 Å².